The molecule has 2 atom stereocenters. The Bertz CT molecular complexity index is 402. The summed E-state index contributed by atoms with van der Waals surface area (Å²) in [6.45, 7) is 2.01. The van der Waals surface area contributed by atoms with Crippen molar-refractivity contribution in [2.45, 2.75) is 25.6 Å². The predicted octanol–water partition coefficient (Wildman–Crippen LogP) is 1.53. The molecule has 1 fully saturated rings. The van der Waals surface area contributed by atoms with Crippen molar-refractivity contribution >= 4 is 5.91 Å². The number of amides is 1. The zero-order chi connectivity index (χ0) is 12.4. The lowest BCUT2D eigenvalue weighted by Gasteiger charge is -2.19. The third-order valence-corrected chi connectivity index (χ3v) is 3.23. The number of carbonyl (C=O) groups is 1. The summed E-state index contributed by atoms with van der Waals surface area (Å²) in [5.41, 5.74) is 1.08. The zero-order valence-electron chi connectivity index (χ0n) is 10.4. The molecule has 1 aliphatic heterocycles. The summed E-state index contributed by atoms with van der Waals surface area (Å²) in [6.07, 6.45) is 0.786. The Hall–Kier alpha value is -1.55. The van der Waals surface area contributed by atoms with Crippen LogP contribution in [0, 0.1) is 0 Å². The van der Waals surface area contributed by atoms with E-state index in [2.05, 4.69) is 5.32 Å². The van der Waals surface area contributed by atoms with E-state index in [0.717, 1.165) is 17.7 Å². The van der Waals surface area contributed by atoms with Gasteiger partial charge in [0.15, 0.2) is 0 Å². The van der Waals surface area contributed by atoms with Crippen LogP contribution in [0.4, 0.5) is 0 Å². The molecule has 1 saturated heterocycles. The van der Waals surface area contributed by atoms with Crippen LogP contribution in [-0.2, 0) is 4.79 Å². The molecule has 1 amide bonds. The molecule has 2 rings (SSSR count). The van der Waals surface area contributed by atoms with Gasteiger partial charge in [-0.3, -0.25) is 10.1 Å². The van der Waals surface area contributed by atoms with Crippen LogP contribution < -0.4 is 10.1 Å². The Morgan fingerprint density at radius 2 is 2.00 bits per heavy atom. The van der Waals surface area contributed by atoms with Gasteiger partial charge in [-0.2, -0.15) is 0 Å². The molecule has 2 unspecified atom stereocenters. The fourth-order valence-electron chi connectivity index (χ4n) is 2.15. The number of nitrogens with one attached hydrogen (secondary N) is 1. The maximum absolute atomic E-state index is 11.9. The quantitative estimate of drug-likeness (QED) is 0.862. The fraction of sp³-hybridized carbons (Fsp3) is 0.462. The second-order valence-corrected chi connectivity index (χ2v) is 4.25. The molecule has 0 bridgehead atoms. The number of hydrogen-bond acceptors (Lipinski definition) is 3. The summed E-state index contributed by atoms with van der Waals surface area (Å²) in [4.78, 5) is 13.6. The molecule has 1 N–H and O–H groups in total. The van der Waals surface area contributed by atoms with Gasteiger partial charge >= 0.3 is 0 Å². The highest BCUT2D eigenvalue weighted by Crippen LogP contribution is 2.26. The summed E-state index contributed by atoms with van der Waals surface area (Å²) < 4.78 is 5.12. The molecule has 0 radical (unpaired) electrons. The highest BCUT2D eigenvalue weighted by molar-refractivity contribution is 5.84. The maximum Gasteiger partial charge on any atom is 0.241 e. The van der Waals surface area contributed by atoms with Crippen molar-refractivity contribution in [3.05, 3.63) is 29.8 Å². The number of methoxy groups -OCH3 is 1. The number of carbonyl (C=O) groups excluding carboxylic acids is 1. The molecule has 1 heterocycles. The predicted molar refractivity (Wildman–Crippen MR) is 65.7 cm³/mol. The summed E-state index contributed by atoms with van der Waals surface area (Å²) in [5, 5.41) is 3.33. The molecule has 0 saturated carbocycles. The average molecular weight is 234 g/mol. The van der Waals surface area contributed by atoms with Crippen LogP contribution in [0.2, 0.25) is 0 Å². The van der Waals surface area contributed by atoms with Crippen molar-refractivity contribution in [1.82, 2.24) is 10.2 Å². The minimum absolute atomic E-state index is 0.0293. The van der Waals surface area contributed by atoms with E-state index in [0.29, 0.717) is 0 Å². The van der Waals surface area contributed by atoms with E-state index in [1.807, 2.05) is 38.2 Å². The van der Waals surface area contributed by atoms with Crippen molar-refractivity contribution in [3.63, 3.8) is 0 Å². The molecule has 4 nitrogen and oxygen atoms in total. The van der Waals surface area contributed by atoms with E-state index >= 15 is 0 Å². The third-order valence-electron chi connectivity index (χ3n) is 3.23. The number of hydrogen-bond donors (Lipinski definition) is 1. The topological polar surface area (TPSA) is 41.6 Å². The third kappa shape index (κ3) is 2.13. The normalized spacial score (nSPS) is 24.2. The molecule has 17 heavy (non-hydrogen) atoms. The number of likely N-dealkylation sites (N-methyl/N-ethyl adjacent to an activating group) is 1. The summed E-state index contributed by atoms with van der Waals surface area (Å²) in [5.74, 6) is 0.987. The van der Waals surface area contributed by atoms with Gasteiger partial charge in [-0.15, -0.1) is 0 Å². The van der Waals surface area contributed by atoms with Gasteiger partial charge in [0.1, 0.15) is 11.9 Å². The zero-order valence-corrected chi connectivity index (χ0v) is 10.4. The summed E-state index contributed by atoms with van der Waals surface area (Å²) in [7, 11) is 3.48. The van der Waals surface area contributed by atoms with Crippen molar-refractivity contribution in [1.29, 1.82) is 0 Å². The molecule has 0 aromatic heterocycles. The molecular formula is C13H18N2O2. The second-order valence-electron chi connectivity index (χ2n) is 4.25. The lowest BCUT2D eigenvalue weighted by molar-refractivity contribution is -0.128. The lowest BCUT2D eigenvalue weighted by atomic mass is 10.1. The average Bonchev–Trinajstić information content (AvgIpc) is 2.66. The van der Waals surface area contributed by atoms with Crippen molar-refractivity contribution < 1.29 is 9.53 Å². The van der Waals surface area contributed by atoms with Gasteiger partial charge < -0.3 is 9.64 Å². The molecule has 1 aliphatic rings. The number of benzene rings is 1. The van der Waals surface area contributed by atoms with Crippen molar-refractivity contribution in [2.24, 2.45) is 0 Å². The van der Waals surface area contributed by atoms with E-state index in [4.69, 9.17) is 4.74 Å². The second kappa shape index (κ2) is 4.75. The number of ether oxygens (including phenoxy) is 1. The Morgan fingerprint density at radius 3 is 2.47 bits per heavy atom. The van der Waals surface area contributed by atoms with Gasteiger partial charge in [-0.25, -0.2) is 0 Å². The Balaban J connectivity index is 2.19. The molecule has 92 valence electrons. The van der Waals surface area contributed by atoms with E-state index in [1.165, 1.54) is 0 Å². The van der Waals surface area contributed by atoms with Gasteiger partial charge in [0, 0.05) is 7.05 Å². The van der Waals surface area contributed by atoms with Gasteiger partial charge in [0.2, 0.25) is 5.91 Å². The highest BCUT2D eigenvalue weighted by atomic mass is 16.5. The number of rotatable bonds is 3. The van der Waals surface area contributed by atoms with Gasteiger partial charge in [-0.1, -0.05) is 19.1 Å². The minimum atomic E-state index is -0.0629. The first-order valence-corrected chi connectivity index (χ1v) is 5.84. The Morgan fingerprint density at radius 1 is 1.35 bits per heavy atom. The summed E-state index contributed by atoms with van der Waals surface area (Å²) in [6, 6.07) is 7.73. The Labute approximate surface area is 102 Å². The molecule has 1 aromatic rings. The summed E-state index contributed by atoms with van der Waals surface area (Å²) >= 11 is 0. The maximum atomic E-state index is 11.9. The highest BCUT2D eigenvalue weighted by Gasteiger charge is 2.35. The molecule has 0 aliphatic carbocycles. The first kappa shape index (κ1) is 11.9. The lowest BCUT2D eigenvalue weighted by Crippen LogP contribution is -2.27. The smallest absolute Gasteiger partial charge is 0.241 e. The molecule has 1 aromatic carbocycles. The van der Waals surface area contributed by atoms with Crippen LogP contribution in [0.5, 0.6) is 5.75 Å². The Kier molecular flexibility index (Phi) is 3.33. The molecule has 0 spiro atoms. The minimum Gasteiger partial charge on any atom is -0.497 e. The van der Waals surface area contributed by atoms with Crippen LogP contribution in [0.25, 0.3) is 0 Å². The van der Waals surface area contributed by atoms with Crippen LogP contribution in [0.1, 0.15) is 25.1 Å². The SMILES string of the molecule is CCC1NC(c2ccc(OC)cc2)N(C)C1=O. The van der Waals surface area contributed by atoms with E-state index in [-0.39, 0.29) is 18.1 Å². The number of nitrogens with zero attached hydrogens (tertiary/aromatic N) is 1. The van der Waals surface area contributed by atoms with Gasteiger partial charge in [0.05, 0.1) is 13.2 Å². The van der Waals surface area contributed by atoms with Crippen molar-refractivity contribution in [3.8, 4) is 5.75 Å². The first-order chi connectivity index (χ1) is 8.17. The van der Waals surface area contributed by atoms with E-state index < -0.39 is 0 Å². The van der Waals surface area contributed by atoms with Gasteiger partial charge in [-0.05, 0) is 24.1 Å². The van der Waals surface area contributed by atoms with E-state index in [1.54, 1.807) is 12.0 Å². The van der Waals surface area contributed by atoms with Crippen molar-refractivity contribution in [2.75, 3.05) is 14.2 Å². The van der Waals surface area contributed by atoms with Crippen LogP contribution >= 0.6 is 0 Å². The van der Waals surface area contributed by atoms with Crippen LogP contribution in [0.15, 0.2) is 24.3 Å². The van der Waals surface area contributed by atoms with E-state index in [9.17, 15) is 4.79 Å². The monoisotopic (exact) mass is 234 g/mol. The largest absolute Gasteiger partial charge is 0.497 e. The first-order valence-electron chi connectivity index (χ1n) is 5.84. The molecular weight excluding hydrogens is 216 g/mol. The van der Waals surface area contributed by atoms with Crippen LogP contribution in [0.3, 0.4) is 0 Å². The standard InChI is InChI=1S/C13H18N2O2/c1-4-11-13(16)15(2)12(14-11)9-5-7-10(17-3)8-6-9/h5-8,11-12,14H,4H2,1-3H3. The van der Waals surface area contributed by atoms with Crippen LogP contribution in [-0.4, -0.2) is 31.0 Å². The molecule has 4 heteroatoms. The fourth-order valence-corrected chi connectivity index (χ4v) is 2.15. The van der Waals surface area contributed by atoms with Gasteiger partial charge in [0.25, 0.3) is 0 Å².